The molecule has 3 heterocycles. The van der Waals surface area contributed by atoms with Crippen molar-refractivity contribution in [1.82, 2.24) is 30.1 Å². The van der Waals surface area contributed by atoms with E-state index in [1.54, 1.807) is 0 Å². The Balaban J connectivity index is 1.49. The zero-order valence-corrected chi connectivity index (χ0v) is 18.5. The number of rotatable bonds is 6. The van der Waals surface area contributed by atoms with Crippen LogP contribution in [0.4, 0.5) is 0 Å². The van der Waals surface area contributed by atoms with Crippen LogP contribution in [0.1, 0.15) is 53.1 Å². The first kappa shape index (κ1) is 21.2. The lowest BCUT2D eigenvalue weighted by Gasteiger charge is -2.30. The molecule has 0 aliphatic carbocycles. The second kappa shape index (κ2) is 9.43. The van der Waals surface area contributed by atoms with Gasteiger partial charge in [0.15, 0.2) is 5.82 Å². The predicted molar refractivity (Wildman–Crippen MR) is 116 cm³/mol. The van der Waals surface area contributed by atoms with Gasteiger partial charge in [0.05, 0.1) is 11.7 Å². The Bertz CT molecular complexity index is 993. The van der Waals surface area contributed by atoms with Crippen molar-refractivity contribution in [3.05, 3.63) is 64.6 Å². The number of nitrogens with zero attached hydrogens (tertiary/aromatic N) is 5. The van der Waals surface area contributed by atoms with Crippen LogP contribution in [0.5, 0.6) is 0 Å². The van der Waals surface area contributed by atoms with E-state index in [1.165, 1.54) is 5.56 Å². The van der Waals surface area contributed by atoms with Crippen LogP contribution >= 0.6 is 0 Å². The summed E-state index contributed by atoms with van der Waals surface area (Å²) in [6.45, 7) is 8.75. The number of aromatic amines is 1. The van der Waals surface area contributed by atoms with Crippen LogP contribution in [0.25, 0.3) is 0 Å². The molecule has 0 bridgehead atoms. The Labute approximate surface area is 182 Å². The number of carbonyl (C=O) groups is 1. The molecule has 1 amide bonds. The molecular formula is C23H30N6O2. The fraction of sp³-hybridized carbons (Fsp3) is 0.478. The Hall–Kier alpha value is -3.00. The van der Waals surface area contributed by atoms with E-state index in [2.05, 4.69) is 49.5 Å². The van der Waals surface area contributed by atoms with Crippen LogP contribution < -0.4 is 0 Å². The van der Waals surface area contributed by atoms with Gasteiger partial charge < -0.3 is 9.42 Å². The fourth-order valence-corrected chi connectivity index (χ4v) is 4.27. The number of amides is 1. The lowest BCUT2D eigenvalue weighted by molar-refractivity contribution is -0.131. The van der Waals surface area contributed by atoms with E-state index in [0.717, 1.165) is 54.7 Å². The van der Waals surface area contributed by atoms with Crippen LogP contribution in [0.2, 0.25) is 0 Å². The third-order valence-electron chi connectivity index (χ3n) is 5.97. The molecule has 164 valence electrons. The van der Waals surface area contributed by atoms with Crippen LogP contribution in [0.15, 0.2) is 34.9 Å². The summed E-state index contributed by atoms with van der Waals surface area (Å²) in [4.78, 5) is 22.1. The van der Waals surface area contributed by atoms with Gasteiger partial charge >= 0.3 is 0 Å². The van der Waals surface area contributed by atoms with Crippen LogP contribution in [-0.2, 0) is 17.8 Å². The van der Waals surface area contributed by atoms with Crippen molar-refractivity contribution in [2.75, 3.05) is 19.6 Å². The molecule has 8 heteroatoms. The second-order valence-corrected chi connectivity index (χ2v) is 8.25. The monoisotopic (exact) mass is 422 g/mol. The minimum Gasteiger partial charge on any atom is -0.361 e. The maximum absolute atomic E-state index is 13.1. The number of aryl methyl sites for hydroxylation is 3. The van der Waals surface area contributed by atoms with Crippen molar-refractivity contribution in [2.45, 2.75) is 52.6 Å². The summed E-state index contributed by atoms with van der Waals surface area (Å²) in [7, 11) is 0. The average Bonchev–Trinajstić information content (AvgIpc) is 3.26. The first-order chi connectivity index (χ1) is 15.0. The van der Waals surface area contributed by atoms with E-state index in [1.807, 2.05) is 31.7 Å². The van der Waals surface area contributed by atoms with E-state index in [4.69, 9.17) is 4.52 Å². The van der Waals surface area contributed by atoms with Gasteiger partial charge in [-0.1, -0.05) is 35.5 Å². The molecule has 1 saturated heterocycles. The summed E-state index contributed by atoms with van der Waals surface area (Å²) in [5.41, 5.74) is 3.15. The van der Waals surface area contributed by atoms with Gasteiger partial charge in [-0.15, -0.1) is 0 Å². The summed E-state index contributed by atoms with van der Waals surface area (Å²) in [6.07, 6.45) is 2.01. The minimum atomic E-state index is -0.0457. The van der Waals surface area contributed by atoms with Gasteiger partial charge in [-0.25, -0.2) is 4.98 Å². The summed E-state index contributed by atoms with van der Waals surface area (Å²) >= 11 is 0. The number of benzene rings is 1. The molecular weight excluding hydrogens is 392 g/mol. The van der Waals surface area contributed by atoms with Gasteiger partial charge in [-0.3, -0.25) is 14.8 Å². The van der Waals surface area contributed by atoms with Gasteiger partial charge in [-0.05, 0) is 39.2 Å². The number of carbonyl (C=O) groups excluding carboxylic acids is 1. The topological polar surface area (TPSA) is 91.2 Å². The lowest BCUT2D eigenvalue weighted by Crippen LogP contribution is -2.38. The first-order valence-corrected chi connectivity index (χ1v) is 10.9. The number of aromatic nitrogens is 4. The maximum Gasteiger partial charge on any atom is 0.222 e. The molecule has 3 aromatic rings. The van der Waals surface area contributed by atoms with E-state index in [9.17, 15) is 4.79 Å². The highest BCUT2D eigenvalue weighted by Crippen LogP contribution is 2.25. The molecule has 4 rings (SSSR count). The van der Waals surface area contributed by atoms with Crippen molar-refractivity contribution in [3.63, 3.8) is 0 Å². The normalized spacial score (nSPS) is 17.6. The highest BCUT2D eigenvalue weighted by atomic mass is 16.5. The lowest BCUT2D eigenvalue weighted by atomic mass is 10.1. The first-order valence-electron chi connectivity index (χ1n) is 10.9. The quantitative estimate of drug-likeness (QED) is 0.656. The molecule has 0 radical (unpaired) electrons. The molecule has 1 atom stereocenters. The highest BCUT2D eigenvalue weighted by Gasteiger charge is 2.31. The third-order valence-corrected chi connectivity index (χ3v) is 5.97. The van der Waals surface area contributed by atoms with Gasteiger partial charge in [0.2, 0.25) is 5.91 Å². The Morgan fingerprint density at radius 2 is 2.00 bits per heavy atom. The summed E-state index contributed by atoms with van der Waals surface area (Å²) in [5.74, 6) is 2.48. The van der Waals surface area contributed by atoms with Crippen molar-refractivity contribution in [1.29, 1.82) is 0 Å². The van der Waals surface area contributed by atoms with Crippen LogP contribution in [-0.4, -0.2) is 55.7 Å². The highest BCUT2D eigenvalue weighted by molar-refractivity contribution is 5.76. The molecule has 31 heavy (non-hydrogen) atoms. The number of nitrogens with one attached hydrogen (secondary N) is 1. The largest absolute Gasteiger partial charge is 0.361 e. The van der Waals surface area contributed by atoms with E-state index >= 15 is 0 Å². The molecule has 1 aromatic carbocycles. The van der Waals surface area contributed by atoms with Crippen molar-refractivity contribution < 1.29 is 9.32 Å². The zero-order valence-electron chi connectivity index (χ0n) is 18.5. The van der Waals surface area contributed by atoms with Gasteiger partial charge in [-0.2, -0.15) is 5.10 Å². The molecule has 1 aliphatic heterocycles. The minimum absolute atomic E-state index is 0.0457. The maximum atomic E-state index is 13.1. The van der Waals surface area contributed by atoms with Crippen LogP contribution in [0.3, 0.4) is 0 Å². The average molecular weight is 423 g/mol. The summed E-state index contributed by atoms with van der Waals surface area (Å²) in [5, 5.41) is 11.4. The van der Waals surface area contributed by atoms with Crippen molar-refractivity contribution >= 4 is 5.91 Å². The van der Waals surface area contributed by atoms with E-state index < -0.39 is 0 Å². The van der Waals surface area contributed by atoms with Gasteiger partial charge in [0.1, 0.15) is 11.6 Å². The molecule has 0 saturated carbocycles. The summed E-state index contributed by atoms with van der Waals surface area (Å²) < 4.78 is 5.24. The summed E-state index contributed by atoms with van der Waals surface area (Å²) in [6, 6.07) is 10.4. The standard InChI is InChI=1S/C23H30N6O2/c1-16-20(17(2)31-27-16)10-11-22(30)29-13-7-12-28(14-19-8-5-4-6-9-19)21(15-29)23-24-18(3)25-26-23/h4-6,8-9,21H,7,10-15H2,1-3H3,(H,24,25,26). The predicted octanol–water partition coefficient (Wildman–Crippen LogP) is 3.13. The molecule has 8 nitrogen and oxygen atoms in total. The smallest absolute Gasteiger partial charge is 0.222 e. The van der Waals surface area contributed by atoms with E-state index in [-0.39, 0.29) is 11.9 Å². The van der Waals surface area contributed by atoms with Crippen molar-refractivity contribution in [3.8, 4) is 0 Å². The molecule has 1 fully saturated rings. The molecule has 2 aromatic heterocycles. The zero-order chi connectivity index (χ0) is 21.8. The third kappa shape index (κ3) is 5.02. The molecule has 0 spiro atoms. The second-order valence-electron chi connectivity index (χ2n) is 8.25. The Morgan fingerprint density at radius 3 is 2.68 bits per heavy atom. The van der Waals surface area contributed by atoms with Crippen molar-refractivity contribution in [2.24, 2.45) is 0 Å². The van der Waals surface area contributed by atoms with E-state index in [0.29, 0.717) is 19.4 Å². The van der Waals surface area contributed by atoms with Crippen LogP contribution in [0, 0.1) is 20.8 Å². The number of H-pyrrole nitrogens is 1. The Kier molecular flexibility index (Phi) is 6.46. The molecule has 1 N–H and O–H groups in total. The van der Waals surface area contributed by atoms with Gasteiger partial charge in [0.25, 0.3) is 0 Å². The van der Waals surface area contributed by atoms with Gasteiger partial charge in [0, 0.05) is 38.2 Å². The fourth-order valence-electron chi connectivity index (χ4n) is 4.27. The number of hydrogen-bond donors (Lipinski definition) is 1. The SMILES string of the molecule is Cc1nc(C2CN(C(=O)CCc3c(C)noc3C)CCCN2Cc2ccccc2)n[nH]1. The molecule has 1 aliphatic rings. The number of hydrogen-bond acceptors (Lipinski definition) is 6. The Morgan fingerprint density at radius 1 is 1.19 bits per heavy atom. The molecule has 1 unspecified atom stereocenters.